The van der Waals surface area contributed by atoms with Gasteiger partial charge in [0.05, 0.1) is 22.5 Å². The Morgan fingerprint density at radius 1 is 1.19 bits per heavy atom. The standard InChI is InChI=1S/C17H19ClN2S/c1-10-9-14(13(4)21-10)12(3)20-16-8-6-5-7-15(16)19-17(20)11(2)18/h5-9,11-12H,1-4H3. The van der Waals surface area contributed by atoms with Crippen LogP contribution in [0, 0.1) is 13.8 Å². The van der Waals surface area contributed by atoms with E-state index in [1.54, 1.807) is 0 Å². The van der Waals surface area contributed by atoms with Crippen molar-refractivity contribution in [3.05, 3.63) is 51.5 Å². The highest BCUT2D eigenvalue weighted by molar-refractivity contribution is 7.12. The minimum Gasteiger partial charge on any atom is -0.319 e. The number of benzene rings is 1. The second kappa shape index (κ2) is 5.47. The minimum absolute atomic E-state index is 0.111. The molecule has 0 bridgehead atoms. The van der Waals surface area contributed by atoms with Crippen molar-refractivity contribution >= 4 is 34.0 Å². The second-order valence-corrected chi connectivity index (χ2v) is 7.60. The van der Waals surface area contributed by atoms with Crippen LogP contribution < -0.4 is 0 Å². The molecule has 0 saturated heterocycles. The second-order valence-electron chi connectivity index (χ2n) is 5.49. The summed E-state index contributed by atoms with van der Waals surface area (Å²) in [5, 5.41) is -0.111. The Bertz CT molecular complexity index is 785. The summed E-state index contributed by atoms with van der Waals surface area (Å²) >= 11 is 8.22. The van der Waals surface area contributed by atoms with Crippen molar-refractivity contribution in [3.63, 3.8) is 0 Å². The van der Waals surface area contributed by atoms with Crippen molar-refractivity contribution in [1.29, 1.82) is 0 Å². The summed E-state index contributed by atoms with van der Waals surface area (Å²) < 4.78 is 2.28. The van der Waals surface area contributed by atoms with Crippen molar-refractivity contribution in [3.8, 4) is 0 Å². The average Bonchev–Trinajstić information content (AvgIpc) is 2.98. The number of halogens is 1. The van der Waals surface area contributed by atoms with Crippen LogP contribution in [0.1, 0.15) is 46.4 Å². The van der Waals surface area contributed by atoms with Crippen molar-refractivity contribution in [2.24, 2.45) is 0 Å². The smallest absolute Gasteiger partial charge is 0.128 e. The topological polar surface area (TPSA) is 17.8 Å². The Kier molecular flexibility index (Phi) is 3.80. The van der Waals surface area contributed by atoms with Crippen molar-refractivity contribution < 1.29 is 0 Å². The molecule has 2 atom stereocenters. The monoisotopic (exact) mass is 318 g/mol. The molecule has 21 heavy (non-hydrogen) atoms. The van der Waals surface area contributed by atoms with E-state index >= 15 is 0 Å². The Balaban J connectivity index is 2.22. The molecule has 0 N–H and O–H groups in total. The van der Waals surface area contributed by atoms with Gasteiger partial charge in [0.2, 0.25) is 0 Å². The maximum absolute atomic E-state index is 6.38. The van der Waals surface area contributed by atoms with Crippen LogP contribution in [0.4, 0.5) is 0 Å². The first-order valence-corrected chi connectivity index (χ1v) is 8.42. The first kappa shape index (κ1) is 14.6. The van der Waals surface area contributed by atoms with Crippen LogP contribution in [-0.4, -0.2) is 9.55 Å². The maximum atomic E-state index is 6.38. The molecule has 0 aliphatic heterocycles. The summed E-state index contributed by atoms with van der Waals surface area (Å²) in [6.07, 6.45) is 0. The van der Waals surface area contributed by atoms with Gasteiger partial charge in [0, 0.05) is 9.75 Å². The van der Waals surface area contributed by atoms with Gasteiger partial charge in [0.15, 0.2) is 0 Å². The molecule has 3 rings (SSSR count). The molecule has 2 unspecified atom stereocenters. The van der Waals surface area contributed by atoms with Crippen LogP contribution in [0.3, 0.4) is 0 Å². The lowest BCUT2D eigenvalue weighted by Gasteiger charge is -2.19. The number of rotatable bonds is 3. The highest BCUT2D eigenvalue weighted by Crippen LogP contribution is 2.34. The van der Waals surface area contributed by atoms with Crippen LogP contribution in [-0.2, 0) is 0 Å². The fraction of sp³-hybridized carbons (Fsp3) is 0.353. The van der Waals surface area contributed by atoms with Gasteiger partial charge in [-0.15, -0.1) is 22.9 Å². The van der Waals surface area contributed by atoms with Gasteiger partial charge in [-0.25, -0.2) is 4.98 Å². The van der Waals surface area contributed by atoms with E-state index in [1.807, 2.05) is 30.4 Å². The molecule has 0 fully saturated rings. The van der Waals surface area contributed by atoms with Crippen molar-refractivity contribution in [2.75, 3.05) is 0 Å². The SMILES string of the molecule is Cc1cc(C(C)n2c(C(C)Cl)nc3ccccc32)c(C)s1. The summed E-state index contributed by atoms with van der Waals surface area (Å²) in [6.45, 7) is 8.56. The largest absolute Gasteiger partial charge is 0.319 e. The lowest BCUT2D eigenvalue weighted by molar-refractivity contribution is 0.618. The van der Waals surface area contributed by atoms with E-state index in [0.29, 0.717) is 0 Å². The molecule has 110 valence electrons. The number of aryl methyl sites for hydroxylation is 2. The zero-order valence-corrected chi connectivity index (χ0v) is 14.3. The van der Waals surface area contributed by atoms with Crippen LogP contribution in [0.5, 0.6) is 0 Å². The Morgan fingerprint density at radius 2 is 1.90 bits per heavy atom. The van der Waals surface area contributed by atoms with Gasteiger partial charge >= 0.3 is 0 Å². The van der Waals surface area contributed by atoms with E-state index in [4.69, 9.17) is 16.6 Å². The quantitative estimate of drug-likeness (QED) is 0.573. The Hall–Kier alpha value is -1.32. The molecule has 1 aromatic carbocycles. The molecule has 0 amide bonds. The number of hydrogen-bond acceptors (Lipinski definition) is 2. The van der Waals surface area contributed by atoms with E-state index in [-0.39, 0.29) is 11.4 Å². The Morgan fingerprint density at radius 3 is 2.52 bits per heavy atom. The molecular formula is C17H19ClN2S. The first-order valence-electron chi connectivity index (χ1n) is 7.17. The molecule has 2 heterocycles. The Labute approximate surface area is 134 Å². The molecule has 4 heteroatoms. The number of alkyl halides is 1. The molecule has 3 aromatic rings. The summed E-state index contributed by atoms with van der Waals surface area (Å²) in [7, 11) is 0. The molecule has 0 aliphatic carbocycles. The number of imidazole rings is 1. The number of para-hydroxylation sites is 2. The molecular weight excluding hydrogens is 300 g/mol. The van der Waals surface area contributed by atoms with Crippen LogP contribution in [0.2, 0.25) is 0 Å². The van der Waals surface area contributed by atoms with E-state index in [0.717, 1.165) is 16.9 Å². The van der Waals surface area contributed by atoms with Crippen molar-refractivity contribution in [1.82, 2.24) is 9.55 Å². The predicted molar refractivity (Wildman–Crippen MR) is 91.6 cm³/mol. The van der Waals surface area contributed by atoms with Gasteiger partial charge in [-0.3, -0.25) is 0 Å². The summed E-state index contributed by atoms with van der Waals surface area (Å²) in [5.41, 5.74) is 3.52. The van der Waals surface area contributed by atoms with Gasteiger partial charge in [-0.05, 0) is 51.5 Å². The molecule has 0 saturated carbocycles. The number of fused-ring (bicyclic) bond motifs is 1. The lowest BCUT2D eigenvalue weighted by Crippen LogP contribution is -2.11. The highest BCUT2D eigenvalue weighted by atomic mass is 35.5. The zero-order chi connectivity index (χ0) is 15.1. The van der Waals surface area contributed by atoms with E-state index < -0.39 is 0 Å². The van der Waals surface area contributed by atoms with Gasteiger partial charge in [0.1, 0.15) is 5.82 Å². The zero-order valence-electron chi connectivity index (χ0n) is 12.7. The third-order valence-electron chi connectivity index (χ3n) is 3.90. The molecule has 0 radical (unpaired) electrons. The van der Waals surface area contributed by atoms with Gasteiger partial charge < -0.3 is 4.57 Å². The van der Waals surface area contributed by atoms with Gasteiger partial charge in [-0.2, -0.15) is 0 Å². The average molecular weight is 319 g/mol. The number of thiophene rings is 1. The fourth-order valence-corrected chi connectivity index (χ4v) is 4.13. The van der Waals surface area contributed by atoms with E-state index in [9.17, 15) is 0 Å². The van der Waals surface area contributed by atoms with Crippen molar-refractivity contribution in [2.45, 2.75) is 39.1 Å². The minimum atomic E-state index is -0.111. The lowest BCUT2D eigenvalue weighted by atomic mass is 10.1. The molecule has 2 aromatic heterocycles. The summed E-state index contributed by atoms with van der Waals surface area (Å²) in [4.78, 5) is 7.44. The highest BCUT2D eigenvalue weighted by Gasteiger charge is 2.21. The third kappa shape index (κ3) is 2.49. The maximum Gasteiger partial charge on any atom is 0.128 e. The summed E-state index contributed by atoms with van der Waals surface area (Å²) in [5.74, 6) is 0.939. The number of nitrogens with zero attached hydrogens (tertiary/aromatic N) is 2. The van der Waals surface area contributed by atoms with Crippen LogP contribution >= 0.6 is 22.9 Å². The molecule has 2 nitrogen and oxygen atoms in total. The first-order chi connectivity index (χ1) is 9.99. The van der Waals surface area contributed by atoms with E-state index in [1.165, 1.54) is 15.3 Å². The summed E-state index contributed by atoms with van der Waals surface area (Å²) in [6, 6.07) is 10.8. The van der Waals surface area contributed by atoms with Crippen LogP contribution in [0.15, 0.2) is 30.3 Å². The van der Waals surface area contributed by atoms with Gasteiger partial charge in [0.25, 0.3) is 0 Å². The number of hydrogen-bond donors (Lipinski definition) is 0. The molecule has 0 aliphatic rings. The third-order valence-corrected chi connectivity index (χ3v) is 5.07. The fourth-order valence-electron chi connectivity index (χ4n) is 2.96. The predicted octanol–water partition coefficient (Wildman–Crippen LogP) is 5.62. The molecule has 0 spiro atoms. The van der Waals surface area contributed by atoms with Crippen LogP contribution in [0.25, 0.3) is 11.0 Å². The normalized spacial score (nSPS) is 14.5. The van der Waals surface area contributed by atoms with Gasteiger partial charge in [-0.1, -0.05) is 12.1 Å². The number of aromatic nitrogens is 2. The van der Waals surface area contributed by atoms with E-state index in [2.05, 4.69) is 43.5 Å².